The highest BCUT2D eigenvalue weighted by Gasteiger charge is 2.27. The summed E-state index contributed by atoms with van der Waals surface area (Å²) in [5.74, 6) is -1.86. The van der Waals surface area contributed by atoms with Crippen molar-refractivity contribution in [2.45, 2.75) is 53.4 Å². The average Bonchev–Trinajstić information content (AvgIpc) is 3.73. The van der Waals surface area contributed by atoms with Gasteiger partial charge in [-0.15, -0.1) is 0 Å². The number of carbonyl (C=O) groups is 2. The van der Waals surface area contributed by atoms with Crippen molar-refractivity contribution >= 4 is 126 Å². The number of fused-ring (bicyclic) bond motifs is 8. The fraction of sp³-hybridized carbons (Fsp3) is 0.273. The van der Waals surface area contributed by atoms with Crippen molar-refractivity contribution in [2.24, 2.45) is 0 Å². The Hall–Kier alpha value is -2.84. The second kappa shape index (κ2) is 13.3. The van der Waals surface area contributed by atoms with Gasteiger partial charge in [0, 0.05) is 24.0 Å². The maximum Gasteiger partial charge on any atom is 0.303 e. The summed E-state index contributed by atoms with van der Waals surface area (Å²) >= 11 is 15.2. The first-order chi connectivity index (χ1) is 21.7. The molecule has 2 aliphatic rings. The summed E-state index contributed by atoms with van der Waals surface area (Å²) in [6.07, 6.45) is 2.04. The molecular formula is C33H30Br4N4O5. The highest BCUT2D eigenvalue weighted by molar-refractivity contribution is 9.11. The lowest BCUT2D eigenvalue weighted by Gasteiger charge is -2.06. The number of aliphatic hydroxyl groups excluding tert-OH is 1. The zero-order valence-corrected chi connectivity index (χ0v) is 31.7. The first-order valence-electron chi connectivity index (χ1n) is 14.3. The van der Waals surface area contributed by atoms with Crippen LogP contribution in [0.4, 0.5) is 0 Å². The van der Waals surface area contributed by atoms with Gasteiger partial charge in [-0.05, 0) is 138 Å². The number of allylic oxidation sites excluding steroid dienone is 3. The molecule has 0 radical (unpaired) electrons. The van der Waals surface area contributed by atoms with E-state index in [9.17, 15) is 24.9 Å². The summed E-state index contributed by atoms with van der Waals surface area (Å²) in [5, 5.41) is 29.7. The monoisotopic (exact) mass is 878 g/mol. The number of hydrogen-bond acceptors (Lipinski definition) is 5. The normalized spacial score (nSPS) is 13.2. The molecule has 46 heavy (non-hydrogen) atoms. The number of nitrogens with zero attached hydrogens (tertiary/aromatic N) is 2. The van der Waals surface area contributed by atoms with Gasteiger partial charge in [0.25, 0.3) is 0 Å². The maximum atomic E-state index is 11.7. The van der Waals surface area contributed by atoms with Crippen LogP contribution < -0.4 is 0 Å². The van der Waals surface area contributed by atoms with Gasteiger partial charge in [-0.3, -0.25) is 9.59 Å². The Balaban J connectivity index is 2.09. The van der Waals surface area contributed by atoms with Crippen molar-refractivity contribution in [1.29, 1.82) is 0 Å². The molecule has 240 valence electrons. The van der Waals surface area contributed by atoms with Gasteiger partial charge in [0.2, 0.25) is 0 Å². The largest absolute Gasteiger partial charge is 0.481 e. The summed E-state index contributed by atoms with van der Waals surface area (Å²) in [5.41, 5.74) is 11.5. The molecule has 0 spiro atoms. The predicted octanol–water partition coefficient (Wildman–Crippen LogP) is 9.36. The van der Waals surface area contributed by atoms with E-state index in [0.29, 0.717) is 57.3 Å². The number of aryl methyl sites for hydroxylation is 3. The van der Waals surface area contributed by atoms with E-state index in [0.717, 1.165) is 50.0 Å². The number of hydrogen-bond donors (Lipinski definition) is 5. The summed E-state index contributed by atoms with van der Waals surface area (Å²) in [6.45, 7) is 11.5. The molecule has 0 aliphatic carbocycles. The third-order valence-electron chi connectivity index (χ3n) is 8.56. The molecule has 0 unspecified atom stereocenters. The third kappa shape index (κ3) is 5.78. The summed E-state index contributed by atoms with van der Waals surface area (Å²) in [7, 11) is 0. The molecule has 0 saturated carbocycles. The molecule has 0 fully saturated rings. The molecule has 9 nitrogen and oxygen atoms in total. The van der Waals surface area contributed by atoms with E-state index in [1.807, 2.05) is 27.7 Å². The first-order valence-corrected chi connectivity index (χ1v) is 17.5. The van der Waals surface area contributed by atoms with E-state index in [1.165, 1.54) is 0 Å². The lowest BCUT2D eigenvalue weighted by molar-refractivity contribution is -0.137. The summed E-state index contributed by atoms with van der Waals surface area (Å²) < 4.78 is 2.54. The Morgan fingerprint density at radius 2 is 1.15 bits per heavy atom. The second-order valence-electron chi connectivity index (χ2n) is 11.1. The molecule has 0 saturated heterocycles. The van der Waals surface area contributed by atoms with Crippen LogP contribution in [0.25, 0.3) is 50.4 Å². The molecule has 8 bridgehead atoms. The second-order valence-corrected chi connectivity index (χ2v) is 14.3. The zero-order valence-electron chi connectivity index (χ0n) is 25.4. The number of aliphatic hydroxyl groups is 1. The molecule has 2 aliphatic heterocycles. The van der Waals surface area contributed by atoms with E-state index >= 15 is 0 Å². The number of carboxylic acid groups (broad SMARTS) is 2. The Bertz CT molecular complexity index is 2110. The van der Waals surface area contributed by atoms with Crippen molar-refractivity contribution in [3.05, 3.63) is 69.5 Å². The van der Waals surface area contributed by atoms with E-state index in [-0.39, 0.29) is 32.3 Å². The van der Waals surface area contributed by atoms with Gasteiger partial charge in [-0.25, -0.2) is 9.97 Å². The Kier molecular flexibility index (Phi) is 10.0. The number of aromatic amines is 2. The zero-order chi connectivity index (χ0) is 33.8. The molecule has 0 atom stereocenters. The third-order valence-corrected chi connectivity index (χ3v) is 11.7. The van der Waals surface area contributed by atoms with E-state index in [2.05, 4.69) is 80.3 Å². The number of carboxylic acids is 2. The fourth-order valence-corrected chi connectivity index (χ4v) is 8.87. The lowest BCUT2D eigenvalue weighted by atomic mass is 10.00. The van der Waals surface area contributed by atoms with Crippen molar-refractivity contribution in [2.75, 3.05) is 6.61 Å². The SMILES string of the molecule is C=Cc1c(C)c2[nH]c1c(Br)c1nc(c(Br)c3[nH]c(c(Br)c4nc(c2Br)C(C)=C4CCC(=O)O)c(CCC(=O)O)c3C)C(CO)=C1C. The predicted molar refractivity (Wildman–Crippen MR) is 196 cm³/mol. The standard InChI is InChI=1S/C33H30Br4N4O5/c1-6-16-12(2)26-22(34)27-13(3)17(7-9-20(43)44)31(39-27)25(37)32-18(8-10-21(45)46)14(4)28(40-32)24(36)33-19(11-42)15(5)29(41-33)23(35)30(16)38-26/h6,38,40,42H,1,7-11H2,2-5H3,(H,43,44)(H,45,46). The molecule has 0 amide bonds. The van der Waals surface area contributed by atoms with Gasteiger partial charge in [-0.1, -0.05) is 12.7 Å². The quantitative estimate of drug-likeness (QED) is 0.151. The van der Waals surface area contributed by atoms with Gasteiger partial charge in [0.05, 0.1) is 69.3 Å². The number of aliphatic carboxylic acids is 2. The van der Waals surface area contributed by atoms with Crippen molar-refractivity contribution < 1.29 is 24.9 Å². The minimum Gasteiger partial charge on any atom is -0.481 e. The number of H-pyrrole nitrogens is 2. The van der Waals surface area contributed by atoms with Crippen molar-refractivity contribution in [3.8, 4) is 0 Å². The van der Waals surface area contributed by atoms with Crippen LogP contribution in [0.5, 0.6) is 0 Å². The van der Waals surface area contributed by atoms with Crippen LogP contribution in [0.15, 0.2) is 24.5 Å². The summed E-state index contributed by atoms with van der Waals surface area (Å²) in [4.78, 5) is 40.5. The Morgan fingerprint density at radius 3 is 1.72 bits per heavy atom. The number of nitrogens with one attached hydrogen (secondary N) is 2. The molecular weight excluding hydrogens is 852 g/mol. The summed E-state index contributed by atoms with van der Waals surface area (Å²) in [6, 6.07) is 0. The van der Waals surface area contributed by atoms with E-state index in [4.69, 9.17) is 9.97 Å². The Labute approximate surface area is 298 Å². The molecule has 5 N–H and O–H groups in total. The highest BCUT2D eigenvalue weighted by atomic mass is 79.9. The highest BCUT2D eigenvalue weighted by Crippen LogP contribution is 2.45. The van der Waals surface area contributed by atoms with Crippen LogP contribution in [0.3, 0.4) is 0 Å². The van der Waals surface area contributed by atoms with Gasteiger partial charge in [0.15, 0.2) is 0 Å². The molecule has 13 heteroatoms. The van der Waals surface area contributed by atoms with E-state index in [1.54, 1.807) is 6.08 Å². The topological polar surface area (TPSA) is 152 Å². The minimum atomic E-state index is -0.934. The van der Waals surface area contributed by atoms with Gasteiger partial charge in [-0.2, -0.15) is 0 Å². The van der Waals surface area contributed by atoms with Crippen molar-refractivity contribution in [3.63, 3.8) is 0 Å². The Morgan fingerprint density at radius 1 is 0.696 bits per heavy atom. The van der Waals surface area contributed by atoms with Crippen molar-refractivity contribution in [1.82, 2.24) is 19.9 Å². The van der Waals surface area contributed by atoms with Crippen LogP contribution >= 0.6 is 63.7 Å². The van der Waals surface area contributed by atoms with Crippen LogP contribution in [0.1, 0.15) is 78.1 Å². The molecule has 0 aromatic carbocycles. The number of halogens is 4. The van der Waals surface area contributed by atoms with Gasteiger partial charge in [0.1, 0.15) is 0 Å². The van der Waals surface area contributed by atoms with Gasteiger partial charge < -0.3 is 25.3 Å². The average molecular weight is 882 g/mol. The van der Waals surface area contributed by atoms with Crippen LogP contribution in [0.2, 0.25) is 0 Å². The maximum absolute atomic E-state index is 11.7. The molecule has 5 rings (SSSR count). The van der Waals surface area contributed by atoms with Crippen LogP contribution in [0, 0.1) is 13.8 Å². The first kappa shape index (κ1) is 34.5. The van der Waals surface area contributed by atoms with Crippen LogP contribution in [-0.4, -0.2) is 53.8 Å². The molecule has 3 aromatic rings. The number of aromatic nitrogens is 4. The fourth-order valence-electron chi connectivity index (χ4n) is 6.00. The molecule has 3 aromatic heterocycles. The molecule has 5 heterocycles. The van der Waals surface area contributed by atoms with Gasteiger partial charge >= 0.3 is 11.9 Å². The van der Waals surface area contributed by atoms with Crippen LogP contribution in [-0.2, 0) is 16.0 Å². The minimum absolute atomic E-state index is 0.0979. The number of rotatable bonds is 8. The lowest BCUT2D eigenvalue weighted by Crippen LogP contribution is -1.99. The smallest absolute Gasteiger partial charge is 0.303 e. The van der Waals surface area contributed by atoms with E-state index < -0.39 is 11.9 Å².